The number of amides is 4. The van der Waals surface area contributed by atoms with Gasteiger partial charge in [-0.3, -0.25) is 0 Å². The highest BCUT2D eigenvalue weighted by molar-refractivity contribution is 5.90. The van der Waals surface area contributed by atoms with Crippen LogP contribution in [0.5, 0.6) is 0 Å². The van der Waals surface area contributed by atoms with Crippen molar-refractivity contribution in [2.75, 3.05) is 74.8 Å². The largest absolute Gasteiger partial charge is 0.378 e. The smallest absolute Gasteiger partial charge is 0.321 e. The Labute approximate surface area is 267 Å². The predicted octanol–water partition coefficient (Wildman–Crippen LogP) is 8.37. The SMILES string of the molecule is CCCCCN(C[C@H]1CC[C@H](CN(CCCCC)C(=O)Nc2ccc(N(C)C)cc2)CC1)C(=O)Nc1ccc(N(C)C)cc1. The number of carbonyl (C=O) groups excluding carboxylic acids is 2. The van der Waals surface area contributed by atoms with E-state index in [0.29, 0.717) is 11.8 Å². The van der Waals surface area contributed by atoms with Gasteiger partial charge in [-0.15, -0.1) is 0 Å². The third kappa shape index (κ3) is 11.6. The number of nitrogens with one attached hydrogen (secondary N) is 2. The average molecular weight is 607 g/mol. The molecule has 1 saturated carbocycles. The second kappa shape index (κ2) is 18.4. The monoisotopic (exact) mass is 606 g/mol. The second-order valence-electron chi connectivity index (χ2n) is 12.9. The maximum atomic E-state index is 13.4. The van der Waals surface area contributed by atoms with Gasteiger partial charge in [0, 0.05) is 77.1 Å². The molecule has 1 aliphatic carbocycles. The number of hydrogen-bond donors (Lipinski definition) is 2. The Morgan fingerprint density at radius 1 is 0.591 bits per heavy atom. The van der Waals surface area contributed by atoms with Crippen molar-refractivity contribution in [3.8, 4) is 0 Å². The van der Waals surface area contributed by atoms with Crippen LogP contribution in [0, 0.1) is 11.8 Å². The molecular formula is C36H58N6O2. The summed E-state index contributed by atoms with van der Waals surface area (Å²) in [5.74, 6) is 0.986. The second-order valence-corrected chi connectivity index (χ2v) is 12.9. The molecule has 2 aromatic carbocycles. The molecule has 2 aromatic rings. The molecule has 3 rings (SSSR count). The van der Waals surface area contributed by atoms with Crippen LogP contribution < -0.4 is 20.4 Å². The first kappa shape index (κ1) is 35.1. The number of nitrogens with zero attached hydrogens (tertiary/aromatic N) is 4. The van der Waals surface area contributed by atoms with Crippen molar-refractivity contribution in [1.29, 1.82) is 0 Å². The summed E-state index contributed by atoms with van der Waals surface area (Å²) in [5.41, 5.74) is 3.89. The van der Waals surface area contributed by atoms with Gasteiger partial charge in [-0.05, 0) is 98.9 Å². The minimum atomic E-state index is -0.00165. The molecule has 0 unspecified atom stereocenters. The van der Waals surface area contributed by atoms with Gasteiger partial charge in [-0.25, -0.2) is 9.59 Å². The van der Waals surface area contributed by atoms with Gasteiger partial charge in [0.25, 0.3) is 0 Å². The molecule has 8 nitrogen and oxygen atoms in total. The molecule has 4 amide bonds. The van der Waals surface area contributed by atoms with Gasteiger partial charge in [0.15, 0.2) is 0 Å². The van der Waals surface area contributed by atoms with Crippen molar-refractivity contribution in [3.63, 3.8) is 0 Å². The maximum absolute atomic E-state index is 13.4. The van der Waals surface area contributed by atoms with E-state index in [1.54, 1.807) is 0 Å². The molecule has 0 aromatic heterocycles. The first-order chi connectivity index (χ1) is 21.2. The summed E-state index contributed by atoms with van der Waals surface area (Å²) in [6.45, 7) is 7.56. The topological polar surface area (TPSA) is 71.2 Å². The van der Waals surface area contributed by atoms with Gasteiger partial charge in [0.2, 0.25) is 0 Å². The van der Waals surface area contributed by atoms with Gasteiger partial charge in [-0.1, -0.05) is 39.5 Å². The van der Waals surface area contributed by atoms with Crippen LogP contribution in [-0.4, -0.2) is 76.2 Å². The Morgan fingerprint density at radius 3 is 1.23 bits per heavy atom. The Bertz CT molecular complexity index is 1020. The van der Waals surface area contributed by atoms with E-state index in [9.17, 15) is 9.59 Å². The molecule has 0 bridgehead atoms. The van der Waals surface area contributed by atoms with Crippen LogP contribution in [0.1, 0.15) is 78.1 Å². The molecule has 2 N–H and O–H groups in total. The number of rotatable bonds is 16. The molecule has 244 valence electrons. The number of anilines is 4. The van der Waals surface area contributed by atoms with Crippen molar-refractivity contribution in [2.24, 2.45) is 11.8 Å². The van der Waals surface area contributed by atoms with E-state index in [1.807, 2.05) is 86.5 Å². The number of unbranched alkanes of at least 4 members (excludes halogenated alkanes) is 4. The molecule has 44 heavy (non-hydrogen) atoms. The molecule has 1 fully saturated rings. The van der Waals surface area contributed by atoms with Gasteiger partial charge in [0.05, 0.1) is 0 Å². The average Bonchev–Trinajstić information content (AvgIpc) is 3.01. The Balaban J connectivity index is 1.55. The molecular weight excluding hydrogens is 548 g/mol. The summed E-state index contributed by atoms with van der Waals surface area (Å²) in [6, 6.07) is 16.0. The van der Waals surface area contributed by atoms with Crippen LogP contribution in [0.25, 0.3) is 0 Å². The summed E-state index contributed by atoms with van der Waals surface area (Å²) in [5, 5.41) is 6.28. The first-order valence-corrected chi connectivity index (χ1v) is 16.9. The van der Waals surface area contributed by atoms with Crippen molar-refractivity contribution >= 4 is 34.8 Å². The summed E-state index contributed by atoms with van der Waals surface area (Å²) < 4.78 is 0. The van der Waals surface area contributed by atoms with Gasteiger partial charge >= 0.3 is 12.1 Å². The van der Waals surface area contributed by atoms with E-state index in [4.69, 9.17) is 0 Å². The molecule has 0 heterocycles. The van der Waals surface area contributed by atoms with Crippen molar-refractivity contribution < 1.29 is 9.59 Å². The molecule has 1 aliphatic rings. The summed E-state index contributed by atoms with van der Waals surface area (Å²) in [6.07, 6.45) is 11.0. The Hall–Kier alpha value is -3.42. The maximum Gasteiger partial charge on any atom is 0.321 e. The van der Waals surface area contributed by atoms with Crippen LogP contribution in [0.15, 0.2) is 48.5 Å². The van der Waals surface area contributed by atoms with E-state index < -0.39 is 0 Å². The zero-order valence-electron chi connectivity index (χ0n) is 28.3. The van der Waals surface area contributed by atoms with E-state index in [2.05, 4.69) is 34.3 Å². The minimum absolute atomic E-state index is 0.00165. The van der Waals surface area contributed by atoms with E-state index in [0.717, 1.165) is 113 Å². The minimum Gasteiger partial charge on any atom is -0.378 e. The first-order valence-electron chi connectivity index (χ1n) is 16.9. The highest BCUT2D eigenvalue weighted by Crippen LogP contribution is 2.31. The van der Waals surface area contributed by atoms with Crippen LogP contribution >= 0.6 is 0 Å². The van der Waals surface area contributed by atoms with Gasteiger partial charge < -0.3 is 30.2 Å². The molecule has 0 atom stereocenters. The van der Waals surface area contributed by atoms with E-state index >= 15 is 0 Å². The highest BCUT2D eigenvalue weighted by atomic mass is 16.2. The lowest BCUT2D eigenvalue weighted by atomic mass is 9.81. The van der Waals surface area contributed by atoms with Crippen molar-refractivity contribution in [3.05, 3.63) is 48.5 Å². The van der Waals surface area contributed by atoms with E-state index in [-0.39, 0.29) is 12.1 Å². The molecule has 8 heteroatoms. The Morgan fingerprint density at radius 2 is 0.932 bits per heavy atom. The zero-order chi connectivity index (χ0) is 31.9. The van der Waals surface area contributed by atoms with Crippen molar-refractivity contribution in [1.82, 2.24) is 9.80 Å². The summed E-state index contributed by atoms with van der Waals surface area (Å²) >= 11 is 0. The fourth-order valence-corrected chi connectivity index (χ4v) is 5.97. The summed E-state index contributed by atoms with van der Waals surface area (Å²) in [7, 11) is 8.06. The lowest BCUT2D eigenvalue weighted by Gasteiger charge is -2.35. The molecule has 0 saturated heterocycles. The standard InChI is InChI=1S/C36H58N6O2/c1-7-9-11-25-41(35(43)37-31-17-21-33(22-18-31)39(3)4)27-29-13-15-30(16-14-29)28-42(26-12-10-8-2)36(44)38-32-19-23-34(24-20-32)40(5)6/h17-24,29-30H,7-16,25-28H2,1-6H3,(H,37,43)(H,38,44)/t29-,30-. The quantitative estimate of drug-likeness (QED) is 0.188. The van der Waals surface area contributed by atoms with Crippen LogP contribution in [0.2, 0.25) is 0 Å². The van der Waals surface area contributed by atoms with Gasteiger partial charge in [0.1, 0.15) is 0 Å². The number of carbonyl (C=O) groups is 2. The van der Waals surface area contributed by atoms with Crippen molar-refractivity contribution in [2.45, 2.75) is 78.1 Å². The van der Waals surface area contributed by atoms with Crippen LogP contribution in [0.3, 0.4) is 0 Å². The van der Waals surface area contributed by atoms with Gasteiger partial charge in [-0.2, -0.15) is 0 Å². The van der Waals surface area contributed by atoms with Crippen LogP contribution in [-0.2, 0) is 0 Å². The number of hydrogen-bond acceptors (Lipinski definition) is 4. The molecule has 0 spiro atoms. The highest BCUT2D eigenvalue weighted by Gasteiger charge is 2.27. The predicted molar refractivity (Wildman–Crippen MR) is 187 cm³/mol. The number of benzene rings is 2. The third-order valence-corrected chi connectivity index (χ3v) is 8.83. The molecule has 0 radical (unpaired) electrons. The third-order valence-electron chi connectivity index (χ3n) is 8.83. The normalized spacial score (nSPS) is 16.2. The van der Waals surface area contributed by atoms with E-state index in [1.165, 1.54) is 0 Å². The summed E-state index contributed by atoms with van der Waals surface area (Å²) in [4.78, 5) is 34.9. The Kier molecular flexibility index (Phi) is 14.7. The number of urea groups is 2. The molecule has 0 aliphatic heterocycles. The zero-order valence-corrected chi connectivity index (χ0v) is 28.3. The van der Waals surface area contributed by atoms with Crippen LogP contribution in [0.4, 0.5) is 32.3 Å². The lowest BCUT2D eigenvalue weighted by molar-refractivity contribution is 0.159. The fraction of sp³-hybridized carbons (Fsp3) is 0.611. The fourth-order valence-electron chi connectivity index (χ4n) is 5.97. The lowest BCUT2D eigenvalue weighted by Crippen LogP contribution is -2.42.